The minimum atomic E-state index is -0.367. The van der Waals surface area contributed by atoms with Crippen LogP contribution in [-0.4, -0.2) is 34.6 Å². The van der Waals surface area contributed by atoms with Crippen LogP contribution in [0.3, 0.4) is 0 Å². The molecule has 1 aliphatic rings. The summed E-state index contributed by atoms with van der Waals surface area (Å²) in [5.74, 6) is 1.81. The van der Waals surface area contributed by atoms with E-state index in [-0.39, 0.29) is 24.7 Å². The molecule has 0 N–H and O–H groups in total. The van der Waals surface area contributed by atoms with Gasteiger partial charge in [0.1, 0.15) is 11.3 Å². The molecule has 8 nitrogen and oxygen atoms in total. The Balaban J connectivity index is 1.46. The van der Waals surface area contributed by atoms with E-state index in [0.29, 0.717) is 39.9 Å². The number of aromatic nitrogens is 2. The third-order valence-corrected chi connectivity index (χ3v) is 5.75. The van der Waals surface area contributed by atoms with E-state index < -0.39 is 0 Å². The van der Waals surface area contributed by atoms with E-state index >= 15 is 0 Å². The molecule has 0 radical (unpaired) electrons. The maximum absolute atomic E-state index is 12.6. The van der Waals surface area contributed by atoms with Gasteiger partial charge in [0.2, 0.25) is 5.89 Å². The standard InChI is InChI=1S/C22H25N3O5/c1-12-8-16(20-13(2)14(3)22(27)29-17(20)9-12)28-11-19(26)25(4)10-18-23-21(30-24-18)15-6-5-7-15/h8-9,15H,5-7,10-11H2,1-4H3. The Morgan fingerprint density at radius 1 is 1.23 bits per heavy atom. The lowest BCUT2D eigenvalue weighted by molar-refractivity contribution is -0.132. The molecule has 0 spiro atoms. The SMILES string of the molecule is Cc1cc(OCC(=O)N(C)Cc2noc(C3CCC3)n2)c2c(C)c(C)c(=O)oc2c1. The highest BCUT2D eigenvalue weighted by atomic mass is 16.5. The van der Waals surface area contributed by atoms with Gasteiger partial charge in [-0.2, -0.15) is 4.98 Å². The zero-order valence-electron chi connectivity index (χ0n) is 17.7. The summed E-state index contributed by atoms with van der Waals surface area (Å²) in [5.41, 5.74) is 2.27. The van der Waals surface area contributed by atoms with Gasteiger partial charge in [0, 0.05) is 18.5 Å². The highest BCUT2D eigenvalue weighted by molar-refractivity contribution is 5.88. The Labute approximate surface area is 173 Å². The van der Waals surface area contributed by atoms with E-state index in [1.807, 2.05) is 19.9 Å². The first-order valence-electron chi connectivity index (χ1n) is 10.1. The van der Waals surface area contributed by atoms with Crippen LogP contribution in [0.15, 0.2) is 25.9 Å². The molecule has 4 rings (SSSR count). The first-order valence-corrected chi connectivity index (χ1v) is 10.1. The van der Waals surface area contributed by atoms with E-state index in [1.165, 1.54) is 11.3 Å². The maximum atomic E-state index is 12.6. The van der Waals surface area contributed by atoms with Crippen LogP contribution in [0, 0.1) is 20.8 Å². The van der Waals surface area contributed by atoms with Gasteiger partial charge in [0.05, 0.1) is 11.9 Å². The van der Waals surface area contributed by atoms with Crippen molar-refractivity contribution in [2.45, 2.75) is 52.5 Å². The summed E-state index contributed by atoms with van der Waals surface area (Å²) < 4.78 is 16.6. The third-order valence-electron chi connectivity index (χ3n) is 5.75. The van der Waals surface area contributed by atoms with Gasteiger partial charge in [-0.3, -0.25) is 4.79 Å². The predicted molar refractivity (Wildman–Crippen MR) is 110 cm³/mol. The molecule has 3 aromatic rings. The summed E-state index contributed by atoms with van der Waals surface area (Å²) in [6.07, 6.45) is 3.34. The third kappa shape index (κ3) is 3.81. The molecule has 1 aliphatic carbocycles. The number of fused-ring (bicyclic) bond motifs is 1. The number of hydrogen-bond acceptors (Lipinski definition) is 7. The van der Waals surface area contributed by atoms with E-state index in [4.69, 9.17) is 13.7 Å². The number of nitrogens with zero attached hydrogens (tertiary/aromatic N) is 3. The van der Waals surface area contributed by atoms with Crippen LogP contribution in [0.25, 0.3) is 11.0 Å². The largest absolute Gasteiger partial charge is 0.483 e. The van der Waals surface area contributed by atoms with Gasteiger partial charge < -0.3 is 18.6 Å². The minimum absolute atomic E-state index is 0.153. The summed E-state index contributed by atoms with van der Waals surface area (Å²) in [6, 6.07) is 3.63. The average Bonchev–Trinajstić information content (AvgIpc) is 3.09. The Morgan fingerprint density at radius 3 is 2.70 bits per heavy atom. The van der Waals surface area contributed by atoms with E-state index in [9.17, 15) is 9.59 Å². The molecule has 2 heterocycles. The highest BCUT2D eigenvalue weighted by Crippen LogP contribution is 2.35. The molecule has 0 unspecified atom stereocenters. The fraction of sp³-hybridized carbons (Fsp3) is 0.455. The van der Waals surface area contributed by atoms with Gasteiger partial charge in [-0.1, -0.05) is 11.6 Å². The van der Waals surface area contributed by atoms with Crippen molar-refractivity contribution in [3.05, 3.63) is 51.0 Å². The van der Waals surface area contributed by atoms with Gasteiger partial charge in [0.25, 0.3) is 5.91 Å². The monoisotopic (exact) mass is 411 g/mol. The summed E-state index contributed by atoms with van der Waals surface area (Å²) in [4.78, 5) is 30.5. The van der Waals surface area contributed by atoms with Crippen molar-refractivity contribution in [1.29, 1.82) is 0 Å². The smallest absolute Gasteiger partial charge is 0.339 e. The van der Waals surface area contributed by atoms with E-state index in [2.05, 4.69) is 10.1 Å². The summed E-state index contributed by atoms with van der Waals surface area (Å²) in [6.45, 7) is 5.54. The number of aryl methyl sites for hydroxylation is 2. The van der Waals surface area contributed by atoms with Crippen molar-refractivity contribution in [3.63, 3.8) is 0 Å². The van der Waals surface area contributed by atoms with Crippen LogP contribution >= 0.6 is 0 Å². The molecule has 0 bridgehead atoms. The van der Waals surface area contributed by atoms with Crippen LogP contribution in [0.4, 0.5) is 0 Å². The Kier molecular flexibility index (Phi) is 5.32. The number of hydrogen-bond donors (Lipinski definition) is 0. The van der Waals surface area contributed by atoms with Crippen LogP contribution in [0.5, 0.6) is 5.75 Å². The molecule has 1 amide bonds. The molecule has 158 valence electrons. The zero-order valence-corrected chi connectivity index (χ0v) is 17.7. The molecule has 30 heavy (non-hydrogen) atoms. The quantitative estimate of drug-likeness (QED) is 0.573. The van der Waals surface area contributed by atoms with Crippen LogP contribution in [0.1, 0.15) is 53.6 Å². The lowest BCUT2D eigenvalue weighted by Crippen LogP contribution is -2.31. The molecule has 0 atom stereocenters. The summed E-state index contributed by atoms with van der Waals surface area (Å²) in [7, 11) is 1.67. The van der Waals surface area contributed by atoms with E-state index in [0.717, 1.165) is 24.0 Å². The van der Waals surface area contributed by atoms with Gasteiger partial charge in [0.15, 0.2) is 12.4 Å². The average molecular weight is 411 g/mol. The summed E-state index contributed by atoms with van der Waals surface area (Å²) in [5, 5.41) is 4.68. The molecule has 1 saturated carbocycles. The van der Waals surface area contributed by atoms with Crippen molar-refractivity contribution in [3.8, 4) is 5.75 Å². The Bertz CT molecular complexity index is 1160. The minimum Gasteiger partial charge on any atom is -0.483 e. The van der Waals surface area contributed by atoms with Gasteiger partial charge >= 0.3 is 5.63 Å². The van der Waals surface area contributed by atoms with Crippen molar-refractivity contribution in [1.82, 2.24) is 15.0 Å². The first-order chi connectivity index (χ1) is 14.3. The molecular weight excluding hydrogens is 386 g/mol. The lowest BCUT2D eigenvalue weighted by Gasteiger charge is -2.20. The Morgan fingerprint density at radius 2 is 2.00 bits per heavy atom. The fourth-order valence-electron chi connectivity index (χ4n) is 3.50. The van der Waals surface area contributed by atoms with Crippen LogP contribution in [-0.2, 0) is 11.3 Å². The number of likely N-dealkylation sites (N-methyl/N-ethyl adjacent to an activating group) is 1. The molecule has 8 heteroatoms. The molecule has 1 fully saturated rings. The second kappa shape index (κ2) is 7.93. The zero-order chi connectivity index (χ0) is 21.4. The number of rotatable bonds is 6. The van der Waals surface area contributed by atoms with Crippen molar-refractivity contribution in [2.24, 2.45) is 0 Å². The predicted octanol–water partition coefficient (Wildman–Crippen LogP) is 3.41. The van der Waals surface area contributed by atoms with Crippen molar-refractivity contribution < 1.29 is 18.5 Å². The molecule has 0 saturated heterocycles. The second-order valence-corrected chi connectivity index (χ2v) is 7.99. The second-order valence-electron chi connectivity index (χ2n) is 7.99. The normalized spacial score (nSPS) is 14.0. The van der Waals surface area contributed by atoms with E-state index in [1.54, 1.807) is 20.0 Å². The number of carbonyl (C=O) groups excluding carboxylic acids is 1. The van der Waals surface area contributed by atoms with Crippen molar-refractivity contribution >= 4 is 16.9 Å². The van der Waals surface area contributed by atoms with Crippen LogP contribution < -0.4 is 10.4 Å². The maximum Gasteiger partial charge on any atom is 0.339 e. The van der Waals surface area contributed by atoms with Gasteiger partial charge in [-0.25, -0.2) is 4.79 Å². The highest BCUT2D eigenvalue weighted by Gasteiger charge is 2.26. The number of carbonyl (C=O) groups is 1. The number of amides is 1. The van der Waals surface area contributed by atoms with Crippen molar-refractivity contribution in [2.75, 3.05) is 13.7 Å². The lowest BCUT2D eigenvalue weighted by atomic mass is 9.85. The molecule has 2 aromatic heterocycles. The van der Waals surface area contributed by atoms with Crippen LogP contribution in [0.2, 0.25) is 0 Å². The Hall–Kier alpha value is -3.16. The first kappa shape index (κ1) is 20.1. The molecule has 1 aromatic carbocycles. The molecule has 0 aliphatic heterocycles. The van der Waals surface area contributed by atoms with Gasteiger partial charge in [-0.15, -0.1) is 0 Å². The number of ether oxygens (including phenoxy) is 1. The summed E-state index contributed by atoms with van der Waals surface area (Å²) >= 11 is 0. The number of benzene rings is 1. The molecular formula is C22H25N3O5. The fourth-order valence-corrected chi connectivity index (χ4v) is 3.50. The van der Waals surface area contributed by atoms with Gasteiger partial charge in [-0.05, 0) is 56.9 Å². The topological polar surface area (TPSA) is 98.7 Å².